The van der Waals surface area contributed by atoms with E-state index in [9.17, 15) is 14.0 Å². The molecule has 0 bridgehead atoms. The molecule has 1 N–H and O–H groups in total. The zero-order valence-electron chi connectivity index (χ0n) is 16.2. The van der Waals surface area contributed by atoms with Crippen LogP contribution in [0.25, 0.3) is 16.4 Å². The molecule has 4 aromatic rings. The summed E-state index contributed by atoms with van der Waals surface area (Å²) in [6, 6.07) is 15.9. The van der Waals surface area contributed by atoms with Gasteiger partial charge in [-0.05, 0) is 42.7 Å². The predicted molar refractivity (Wildman–Crippen MR) is 110 cm³/mol. The monoisotopic (exact) mass is 392 g/mol. The van der Waals surface area contributed by atoms with Gasteiger partial charge in [-0.2, -0.15) is 5.10 Å². The van der Waals surface area contributed by atoms with E-state index >= 15 is 0 Å². The van der Waals surface area contributed by atoms with Crippen molar-refractivity contribution in [1.29, 1.82) is 0 Å². The molecule has 0 unspecified atom stereocenters. The lowest BCUT2D eigenvalue weighted by Gasteiger charge is -2.14. The Kier molecular flexibility index (Phi) is 4.88. The number of benzene rings is 2. The van der Waals surface area contributed by atoms with E-state index in [0.29, 0.717) is 28.8 Å². The van der Waals surface area contributed by atoms with E-state index in [1.165, 1.54) is 12.1 Å². The fourth-order valence-corrected chi connectivity index (χ4v) is 3.55. The van der Waals surface area contributed by atoms with E-state index < -0.39 is 5.56 Å². The third-order valence-electron chi connectivity index (χ3n) is 5.07. The summed E-state index contributed by atoms with van der Waals surface area (Å²) in [5.74, 6) is 0.0473. The molecule has 0 aliphatic rings. The highest BCUT2D eigenvalue weighted by atomic mass is 19.1. The van der Waals surface area contributed by atoms with Gasteiger partial charge in [0.25, 0.3) is 5.56 Å². The summed E-state index contributed by atoms with van der Waals surface area (Å²) in [7, 11) is 0. The molecule has 148 valence electrons. The van der Waals surface area contributed by atoms with Crippen molar-refractivity contribution in [1.82, 2.24) is 19.5 Å². The fourth-order valence-electron chi connectivity index (χ4n) is 3.55. The first kappa shape index (κ1) is 18.9. The van der Waals surface area contributed by atoms with Crippen LogP contribution in [0.15, 0.2) is 59.4 Å². The number of fused-ring (bicyclic) bond motifs is 3. The van der Waals surface area contributed by atoms with Crippen molar-refractivity contribution >= 4 is 22.3 Å². The molecular formula is C22H21FN4O2. The predicted octanol–water partition coefficient (Wildman–Crippen LogP) is 3.02. The van der Waals surface area contributed by atoms with Crippen molar-refractivity contribution in [2.45, 2.75) is 26.3 Å². The van der Waals surface area contributed by atoms with Crippen LogP contribution in [0.1, 0.15) is 24.2 Å². The van der Waals surface area contributed by atoms with Gasteiger partial charge in [0, 0.05) is 11.9 Å². The van der Waals surface area contributed by atoms with E-state index in [2.05, 4.69) is 10.4 Å². The van der Waals surface area contributed by atoms with Crippen molar-refractivity contribution in [2.75, 3.05) is 6.54 Å². The topological polar surface area (TPSA) is 68.4 Å². The molecule has 0 saturated heterocycles. The molecule has 0 aliphatic carbocycles. The van der Waals surface area contributed by atoms with Crippen LogP contribution in [0, 0.1) is 12.7 Å². The number of nitrogens with zero attached hydrogens (tertiary/aromatic N) is 3. The maximum Gasteiger partial charge on any atom is 0.291 e. The van der Waals surface area contributed by atoms with Gasteiger partial charge in [-0.15, -0.1) is 0 Å². The number of aryl methyl sites for hydroxylation is 1. The van der Waals surface area contributed by atoms with Crippen LogP contribution in [-0.2, 0) is 11.3 Å². The SMILES string of the molecule is Cc1nn(CC(=O)NC[C@H](C)c2ccccc2)c(=O)c2cc3cc(F)ccc3n12. The molecule has 0 spiro atoms. The van der Waals surface area contributed by atoms with Crippen molar-refractivity contribution in [3.05, 3.63) is 82.2 Å². The van der Waals surface area contributed by atoms with E-state index in [4.69, 9.17) is 0 Å². The summed E-state index contributed by atoms with van der Waals surface area (Å²) in [6.07, 6.45) is 0. The Morgan fingerprint density at radius 3 is 2.66 bits per heavy atom. The highest BCUT2D eigenvalue weighted by molar-refractivity contribution is 5.87. The van der Waals surface area contributed by atoms with Gasteiger partial charge in [-0.1, -0.05) is 37.3 Å². The molecule has 0 aliphatic heterocycles. The standard InChI is InChI=1S/C22H21FN4O2/c1-14(16-6-4-3-5-7-16)12-24-21(28)13-26-22(29)20-11-17-10-18(23)8-9-19(17)27(20)15(2)25-26/h3-11,14H,12-13H2,1-2H3,(H,24,28)/t14-/m0/s1. The molecule has 2 aromatic heterocycles. The number of amides is 1. The molecular weight excluding hydrogens is 371 g/mol. The quantitative estimate of drug-likeness (QED) is 0.568. The Morgan fingerprint density at radius 2 is 1.90 bits per heavy atom. The lowest BCUT2D eigenvalue weighted by Crippen LogP contribution is -2.36. The second-order valence-electron chi connectivity index (χ2n) is 7.19. The number of carbonyl (C=O) groups excluding carboxylic acids is 1. The summed E-state index contributed by atoms with van der Waals surface area (Å²) in [4.78, 5) is 25.2. The summed E-state index contributed by atoms with van der Waals surface area (Å²) >= 11 is 0. The van der Waals surface area contributed by atoms with E-state index in [0.717, 1.165) is 10.2 Å². The third-order valence-corrected chi connectivity index (χ3v) is 5.07. The molecule has 6 nitrogen and oxygen atoms in total. The molecule has 4 rings (SSSR count). The number of nitrogens with one attached hydrogen (secondary N) is 1. The molecule has 0 saturated carbocycles. The van der Waals surface area contributed by atoms with Gasteiger partial charge >= 0.3 is 0 Å². The molecule has 2 heterocycles. The molecule has 29 heavy (non-hydrogen) atoms. The van der Waals surface area contributed by atoms with Gasteiger partial charge < -0.3 is 5.32 Å². The smallest absolute Gasteiger partial charge is 0.291 e. The van der Waals surface area contributed by atoms with Crippen molar-refractivity contribution in [3.8, 4) is 0 Å². The summed E-state index contributed by atoms with van der Waals surface area (Å²) in [6.45, 7) is 4.07. The normalized spacial score (nSPS) is 12.4. The lowest BCUT2D eigenvalue weighted by molar-refractivity contribution is -0.121. The number of hydrogen-bond acceptors (Lipinski definition) is 3. The first-order valence-electron chi connectivity index (χ1n) is 9.44. The Labute approximate surface area is 166 Å². The number of aromatic nitrogens is 3. The Bertz CT molecular complexity index is 1260. The van der Waals surface area contributed by atoms with Gasteiger partial charge in [0.2, 0.25) is 5.91 Å². The van der Waals surface area contributed by atoms with Crippen LogP contribution in [0.5, 0.6) is 0 Å². The summed E-state index contributed by atoms with van der Waals surface area (Å²) in [5.41, 5.74) is 1.81. The largest absolute Gasteiger partial charge is 0.354 e. The van der Waals surface area contributed by atoms with E-state index in [1.54, 1.807) is 23.5 Å². The maximum absolute atomic E-state index is 13.5. The highest BCUT2D eigenvalue weighted by Gasteiger charge is 2.15. The Hall–Kier alpha value is -3.48. The minimum atomic E-state index is -0.390. The van der Waals surface area contributed by atoms with Crippen LogP contribution >= 0.6 is 0 Å². The first-order chi connectivity index (χ1) is 13.9. The lowest BCUT2D eigenvalue weighted by atomic mass is 10.0. The van der Waals surface area contributed by atoms with Crippen LogP contribution in [0.3, 0.4) is 0 Å². The van der Waals surface area contributed by atoms with Crippen molar-refractivity contribution in [2.24, 2.45) is 0 Å². The van der Waals surface area contributed by atoms with Gasteiger partial charge in [0.05, 0.1) is 5.52 Å². The van der Waals surface area contributed by atoms with Crippen LogP contribution < -0.4 is 10.9 Å². The molecule has 7 heteroatoms. The zero-order valence-corrected chi connectivity index (χ0v) is 16.2. The van der Waals surface area contributed by atoms with Crippen LogP contribution in [-0.4, -0.2) is 26.6 Å². The van der Waals surface area contributed by atoms with Gasteiger partial charge in [-0.3, -0.25) is 14.0 Å². The number of carbonyl (C=O) groups is 1. The van der Waals surface area contributed by atoms with E-state index in [-0.39, 0.29) is 24.2 Å². The number of rotatable bonds is 5. The zero-order chi connectivity index (χ0) is 20.5. The second-order valence-corrected chi connectivity index (χ2v) is 7.19. The van der Waals surface area contributed by atoms with Gasteiger partial charge in [0.15, 0.2) is 0 Å². The highest BCUT2D eigenvalue weighted by Crippen LogP contribution is 2.20. The first-order valence-corrected chi connectivity index (χ1v) is 9.44. The van der Waals surface area contributed by atoms with Crippen molar-refractivity contribution in [3.63, 3.8) is 0 Å². The fraction of sp³-hybridized carbons (Fsp3) is 0.227. The molecule has 1 atom stereocenters. The minimum Gasteiger partial charge on any atom is -0.354 e. The third kappa shape index (κ3) is 3.63. The molecule has 1 amide bonds. The minimum absolute atomic E-state index is 0.153. The summed E-state index contributed by atoms with van der Waals surface area (Å²) in [5, 5.41) is 7.76. The van der Waals surface area contributed by atoms with Crippen LogP contribution in [0.4, 0.5) is 4.39 Å². The van der Waals surface area contributed by atoms with Gasteiger partial charge in [-0.25, -0.2) is 9.07 Å². The van der Waals surface area contributed by atoms with Gasteiger partial charge in [0.1, 0.15) is 23.7 Å². The Balaban J connectivity index is 1.56. The van der Waals surface area contributed by atoms with E-state index in [1.807, 2.05) is 37.3 Å². The van der Waals surface area contributed by atoms with Crippen LogP contribution in [0.2, 0.25) is 0 Å². The molecule has 2 aromatic carbocycles. The number of halogens is 1. The van der Waals surface area contributed by atoms with Crippen molar-refractivity contribution < 1.29 is 9.18 Å². The Morgan fingerprint density at radius 1 is 1.14 bits per heavy atom. The molecule has 0 radical (unpaired) electrons. The summed E-state index contributed by atoms with van der Waals surface area (Å²) < 4.78 is 16.4. The molecule has 0 fully saturated rings. The average Bonchev–Trinajstić information content (AvgIpc) is 3.10. The number of hydrogen-bond donors (Lipinski definition) is 1. The average molecular weight is 392 g/mol. The second kappa shape index (κ2) is 7.50. The maximum atomic E-state index is 13.5.